The second kappa shape index (κ2) is 4.40. The van der Waals surface area contributed by atoms with Crippen molar-refractivity contribution in [2.75, 3.05) is 0 Å². The van der Waals surface area contributed by atoms with E-state index in [9.17, 15) is 5.11 Å². The summed E-state index contributed by atoms with van der Waals surface area (Å²) in [5, 5.41) is 9.46. The topological polar surface area (TPSA) is 29.5 Å². The first-order chi connectivity index (χ1) is 6.86. The van der Waals surface area contributed by atoms with Crippen LogP contribution in [0.25, 0.3) is 0 Å². The van der Waals surface area contributed by atoms with E-state index in [4.69, 9.17) is 4.74 Å². The quantitative estimate of drug-likeness (QED) is 0.737. The van der Waals surface area contributed by atoms with Crippen molar-refractivity contribution in [3.8, 4) is 0 Å². The van der Waals surface area contributed by atoms with Gasteiger partial charge in [-0.1, -0.05) is 42.5 Å². The van der Waals surface area contributed by atoms with Crippen molar-refractivity contribution < 1.29 is 9.84 Å². The summed E-state index contributed by atoms with van der Waals surface area (Å²) < 4.78 is 5.59. The molecule has 0 bridgehead atoms. The first-order valence-corrected chi connectivity index (χ1v) is 4.86. The van der Waals surface area contributed by atoms with E-state index in [0.717, 1.165) is 12.0 Å². The maximum atomic E-state index is 9.46. The largest absolute Gasteiger partial charge is 0.386 e. The third kappa shape index (κ3) is 2.22. The minimum Gasteiger partial charge on any atom is -0.386 e. The molecular weight excluding hydrogens is 176 g/mol. The summed E-state index contributed by atoms with van der Waals surface area (Å²) in [4.78, 5) is 0. The van der Waals surface area contributed by atoms with Gasteiger partial charge >= 0.3 is 0 Å². The Morgan fingerprint density at radius 1 is 1.29 bits per heavy atom. The van der Waals surface area contributed by atoms with Crippen molar-refractivity contribution in [2.45, 2.75) is 25.2 Å². The molecule has 1 aromatic rings. The molecule has 0 spiro atoms. The van der Waals surface area contributed by atoms with Gasteiger partial charge < -0.3 is 9.84 Å². The number of aliphatic hydroxyl groups excluding tert-OH is 1. The van der Waals surface area contributed by atoms with E-state index in [-0.39, 0.29) is 6.10 Å². The van der Waals surface area contributed by atoms with E-state index in [1.165, 1.54) is 0 Å². The molecule has 2 heteroatoms. The molecule has 0 aromatic heterocycles. The molecule has 1 aromatic carbocycles. The van der Waals surface area contributed by atoms with Crippen molar-refractivity contribution in [3.63, 3.8) is 0 Å². The van der Waals surface area contributed by atoms with Gasteiger partial charge in [-0.2, -0.15) is 0 Å². The van der Waals surface area contributed by atoms with E-state index < -0.39 is 6.10 Å². The number of hydrogen-bond acceptors (Lipinski definition) is 2. The third-order valence-corrected chi connectivity index (χ3v) is 2.39. The Hall–Kier alpha value is -1.12. The molecule has 2 rings (SSSR count). The molecule has 1 aliphatic carbocycles. The molecular formula is C12H14O2. The lowest BCUT2D eigenvalue weighted by molar-refractivity contribution is -0.0172. The second-order valence-corrected chi connectivity index (χ2v) is 3.49. The van der Waals surface area contributed by atoms with Gasteiger partial charge in [0.15, 0.2) is 0 Å². The Balaban J connectivity index is 1.83. The monoisotopic (exact) mass is 190 g/mol. The Bertz CT molecular complexity index is 305. The van der Waals surface area contributed by atoms with Crippen molar-refractivity contribution in [1.29, 1.82) is 0 Å². The van der Waals surface area contributed by atoms with Crippen LogP contribution in [0.2, 0.25) is 0 Å². The van der Waals surface area contributed by atoms with Crippen LogP contribution in [0, 0.1) is 0 Å². The molecule has 14 heavy (non-hydrogen) atoms. The van der Waals surface area contributed by atoms with Crippen molar-refractivity contribution in [3.05, 3.63) is 48.0 Å². The lowest BCUT2D eigenvalue weighted by atomic mass is 10.2. The Morgan fingerprint density at radius 3 is 2.71 bits per heavy atom. The molecule has 0 fully saturated rings. The minimum absolute atomic E-state index is 0.0600. The lowest BCUT2D eigenvalue weighted by Crippen LogP contribution is -2.22. The van der Waals surface area contributed by atoms with Gasteiger partial charge in [0.25, 0.3) is 0 Å². The van der Waals surface area contributed by atoms with Crippen LogP contribution >= 0.6 is 0 Å². The molecule has 1 aliphatic rings. The van der Waals surface area contributed by atoms with Crippen LogP contribution < -0.4 is 0 Å². The fraction of sp³-hybridized carbons (Fsp3) is 0.333. The van der Waals surface area contributed by atoms with Crippen LogP contribution in [0.4, 0.5) is 0 Å². The molecule has 2 unspecified atom stereocenters. The predicted molar refractivity (Wildman–Crippen MR) is 54.8 cm³/mol. The van der Waals surface area contributed by atoms with Crippen LogP contribution in [-0.2, 0) is 11.3 Å². The van der Waals surface area contributed by atoms with Crippen LogP contribution in [0.15, 0.2) is 42.5 Å². The van der Waals surface area contributed by atoms with Crippen LogP contribution in [0.1, 0.15) is 12.0 Å². The summed E-state index contributed by atoms with van der Waals surface area (Å²) >= 11 is 0. The van der Waals surface area contributed by atoms with Crippen molar-refractivity contribution in [2.24, 2.45) is 0 Å². The zero-order chi connectivity index (χ0) is 9.80. The normalized spacial score (nSPS) is 25.5. The molecule has 0 aliphatic heterocycles. The van der Waals surface area contributed by atoms with Crippen LogP contribution in [0.5, 0.6) is 0 Å². The van der Waals surface area contributed by atoms with Gasteiger partial charge in [-0.15, -0.1) is 0 Å². The average Bonchev–Trinajstić information content (AvgIpc) is 2.63. The van der Waals surface area contributed by atoms with E-state index in [1.807, 2.05) is 36.4 Å². The molecule has 74 valence electrons. The zero-order valence-electron chi connectivity index (χ0n) is 7.97. The molecule has 0 radical (unpaired) electrons. The highest BCUT2D eigenvalue weighted by Gasteiger charge is 2.20. The maximum absolute atomic E-state index is 9.46. The Kier molecular flexibility index (Phi) is 2.96. The van der Waals surface area contributed by atoms with Crippen molar-refractivity contribution >= 4 is 0 Å². The first-order valence-electron chi connectivity index (χ1n) is 4.86. The molecule has 0 saturated carbocycles. The van der Waals surface area contributed by atoms with Gasteiger partial charge in [0.05, 0.1) is 18.8 Å². The van der Waals surface area contributed by atoms with E-state index in [1.54, 1.807) is 6.08 Å². The standard InChI is InChI=1S/C12H14O2/c13-11-7-4-8-12(11)14-9-10-5-2-1-3-6-10/h1-7,11-13H,8-9H2. The third-order valence-electron chi connectivity index (χ3n) is 2.39. The van der Waals surface area contributed by atoms with E-state index >= 15 is 0 Å². The molecule has 2 nitrogen and oxygen atoms in total. The van der Waals surface area contributed by atoms with Crippen LogP contribution in [0.3, 0.4) is 0 Å². The molecule has 2 atom stereocenters. The van der Waals surface area contributed by atoms with Gasteiger partial charge in [-0.25, -0.2) is 0 Å². The predicted octanol–water partition coefficient (Wildman–Crippen LogP) is 1.89. The highest BCUT2D eigenvalue weighted by atomic mass is 16.5. The number of ether oxygens (including phenoxy) is 1. The highest BCUT2D eigenvalue weighted by molar-refractivity contribution is 5.13. The van der Waals surface area contributed by atoms with Crippen LogP contribution in [-0.4, -0.2) is 17.3 Å². The molecule has 0 amide bonds. The summed E-state index contributed by atoms with van der Waals surface area (Å²) in [7, 11) is 0. The number of hydrogen-bond donors (Lipinski definition) is 1. The summed E-state index contributed by atoms with van der Waals surface area (Å²) in [5.74, 6) is 0. The van der Waals surface area contributed by atoms with Crippen molar-refractivity contribution in [1.82, 2.24) is 0 Å². The molecule has 0 heterocycles. The van der Waals surface area contributed by atoms with Gasteiger partial charge in [-0.3, -0.25) is 0 Å². The molecule has 1 N–H and O–H groups in total. The fourth-order valence-electron chi connectivity index (χ4n) is 1.56. The van der Waals surface area contributed by atoms with Gasteiger partial charge in [0, 0.05) is 0 Å². The van der Waals surface area contributed by atoms with Gasteiger partial charge in [0.1, 0.15) is 0 Å². The smallest absolute Gasteiger partial charge is 0.0985 e. The summed E-state index contributed by atoms with van der Waals surface area (Å²) in [5.41, 5.74) is 1.15. The van der Waals surface area contributed by atoms with E-state index in [2.05, 4.69) is 0 Å². The van der Waals surface area contributed by atoms with Gasteiger partial charge in [0.2, 0.25) is 0 Å². The second-order valence-electron chi connectivity index (χ2n) is 3.49. The fourth-order valence-corrected chi connectivity index (χ4v) is 1.56. The van der Waals surface area contributed by atoms with Gasteiger partial charge in [-0.05, 0) is 12.0 Å². The number of rotatable bonds is 3. The summed E-state index contributed by atoms with van der Waals surface area (Å²) in [6.45, 7) is 0.574. The Labute approximate surface area is 83.8 Å². The van der Waals surface area contributed by atoms with E-state index in [0.29, 0.717) is 6.61 Å². The summed E-state index contributed by atoms with van der Waals surface area (Å²) in [6, 6.07) is 10.0. The average molecular weight is 190 g/mol. The highest BCUT2D eigenvalue weighted by Crippen LogP contribution is 2.16. The lowest BCUT2D eigenvalue weighted by Gasteiger charge is -2.15. The number of aliphatic hydroxyl groups is 1. The summed E-state index contributed by atoms with van der Waals surface area (Å²) in [6.07, 6.45) is 4.07. The Morgan fingerprint density at radius 2 is 2.07 bits per heavy atom. The molecule has 0 saturated heterocycles. The SMILES string of the molecule is OC1C=CCC1OCc1ccccc1. The minimum atomic E-state index is -0.432. The zero-order valence-corrected chi connectivity index (χ0v) is 7.97. The maximum Gasteiger partial charge on any atom is 0.0985 e. The first kappa shape index (κ1) is 9.44. The number of benzene rings is 1.